The second-order valence-corrected chi connectivity index (χ2v) is 10.7. The van der Waals surface area contributed by atoms with Crippen molar-refractivity contribution < 1.29 is 19.0 Å². The second kappa shape index (κ2) is 11.3. The highest BCUT2D eigenvalue weighted by molar-refractivity contribution is 7.15. The quantitative estimate of drug-likeness (QED) is 0.447. The van der Waals surface area contributed by atoms with Crippen molar-refractivity contribution in [3.05, 3.63) is 77.1 Å². The van der Waals surface area contributed by atoms with Crippen LogP contribution in [0.4, 0.5) is 9.52 Å². The molecule has 3 aromatic rings. The molecule has 0 radical (unpaired) electrons. The predicted octanol–water partition coefficient (Wildman–Crippen LogP) is 4.74. The number of rotatable bonds is 9. The van der Waals surface area contributed by atoms with Crippen LogP contribution in [0.5, 0.6) is 5.75 Å². The Bertz CT molecular complexity index is 1110. The normalized spacial score (nSPS) is 20.7. The van der Waals surface area contributed by atoms with Gasteiger partial charge in [0.15, 0.2) is 5.13 Å². The molecule has 0 unspecified atom stereocenters. The van der Waals surface area contributed by atoms with E-state index in [4.69, 9.17) is 4.74 Å². The molecule has 0 aliphatic carbocycles. The summed E-state index contributed by atoms with van der Waals surface area (Å²) in [5.74, 6) is 0.622. The Balaban J connectivity index is 1.35. The zero-order valence-corrected chi connectivity index (χ0v) is 20.9. The van der Waals surface area contributed by atoms with E-state index in [2.05, 4.69) is 24.1 Å². The van der Waals surface area contributed by atoms with E-state index in [0.717, 1.165) is 10.4 Å². The fourth-order valence-electron chi connectivity index (χ4n) is 4.52. The average Bonchev–Trinajstić information content (AvgIpc) is 3.24. The summed E-state index contributed by atoms with van der Waals surface area (Å²) in [7, 11) is 0. The molecule has 4 rings (SSSR count). The molecular weight excluding hydrogens is 465 g/mol. The molecule has 1 aliphatic heterocycles. The van der Waals surface area contributed by atoms with Crippen molar-refractivity contribution in [2.75, 3.05) is 25.0 Å². The number of piperidine rings is 1. The molecule has 0 bridgehead atoms. The third-order valence-corrected chi connectivity index (χ3v) is 7.04. The first-order valence-corrected chi connectivity index (χ1v) is 12.8. The van der Waals surface area contributed by atoms with Gasteiger partial charge >= 0.3 is 0 Å². The van der Waals surface area contributed by atoms with Crippen molar-refractivity contribution in [2.24, 2.45) is 5.92 Å². The minimum absolute atomic E-state index is 0.152. The van der Waals surface area contributed by atoms with Gasteiger partial charge in [-0.25, -0.2) is 9.37 Å². The van der Waals surface area contributed by atoms with Crippen LogP contribution >= 0.6 is 11.3 Å². The zero-order chi connectivity index (χ0) is 24.8. The van der Waals surface area contributed by atoms with Gasteiger partial charge < -0.3 is 15.2 Å². The molecule has 1 saturated heterocycles. The number of thiazole rings is 1. The van der Waals surface area contributed by atoms with Gasteiger partial charge in [-0.2, -0.15) is 0 Å². The lowest BCUT2D eigenvalue weighted by molar-refractivity contribution is -0.129. The van der Waals surface area contributed by atoms with Gasteiger partial charge in [0.25, 0.3) is 0 Å². The van der Waals surface area contributed by atoms with Crippen LogP contribution in [0.2, 0.25) is 0 Å². The number of ether oxygens (including phenoxy) is 1. The van der Waals surface area contributed by atoms with Crippen LogP contribution in [0, 0.1) is 11.7 Å². The van der Waals surface area contributed by atoms with Crippen LogP contribution in [0.1, 0.15) is 37.1 Å². The Labute approximate surface area is 209 Å². The monoisotopic (exact) mass is 497 g/mol. The number of nitrogens with one attached hydrogen (secondary N) is 1. The molecule has 186 valence electrons. The molecule has 2 aromatic carbocycles. The maximum Gasteiger partial charge on any atom is 0.240 e. The molecule has 1 aliphatic rings. The first-order valence-electron chi connectivity index (χ1n) is 11.9. The molecule has 2 N–H and O–H groups in total. The number of amides is 1. The van der Waals surface area contributed by atoms with Crippen molar-refractivity contribution >= 4 is 22.4 Å². The number of carbonyl (C=O) groups is 1. The number of benzene rings is 2. The Morgan fingerprint density at radius 2 is 2.00 bits per heavy atom. The lowest BCUT2D eigenvalue weighted by Crippen LogP contribution is -2.59. The summed E-state index contributed by atoms with van der Waals surface area (Å²) in [6, 6.07) is 15.9. The first kappa shape index (κ1) is 25.3. The van der Waals surface area contributed by atoms with Crippen LogP contribution in [0.25, 0.3) is 0 Å². The van der Waals surface area contributed by atoms with Crippen molar-refractivity contribution in [2.45, 2.75) is 44.8 Å². The van der Waals surface area contributed by atoms with Gasteiger partial charge in [0.2, 0.25) is 5.91 Å². The van der Waals surface area contributed by atoms with Crippen molar-refractivity contribution in [3.63, 3.8) is 0 Å². The Hall–Kier alpha value is -2.81. The predicted molar refractivity (Wildman–Crippen MR) is 136 cm³/mol. The van der Waals surface area contributed by atoms with Crippen molar-refractivity contribution in [3.8, 4) is 5.75 Å². The number of aliphatic hydroxyl groups is 1. The topological polar surface area (TPSA) is 74.7 Å². The maximum atomic E-state index is 13.1. The highest BCUT2D eigenvalue weighted by Gasteiger charge is 2.43. The molecule has 0 saturated carbocycles. The van der Waals surface area contributed by atoms with Crippen molar-refractivity contribution in [1.82, 2.24) is 9.88 Å². The van der Waals surface area contributed by atoms with E-state index in [9.17, 15) is 14.3 Å². The molecule has 8 heteroatoms. The minimum atomic E-state index is -0.943. The van der Waals surface area contributed by atoms with Gasteiger partial charge in [0.05, 0.1) is 6.54 Å². The molecule has 1 aromatic heterocycles. The lowest BCUT2D eigenvalue weighted by Gasteiger charge is -2.44. The van der Waals surface area contributed by atoms with E-state index in [1.807, 2.05) is 35.2 Å². The van der Waals surface area contributed by atoms with E-state index < -0.39 is 11.7 Å². The summed E-state index contributed by atoms with van der Waals surface area (Å²) in [6.07, 6.45) is 3.11. The molecule has 2 heterocycles. The van der Waals surface area contributed by atoms with Crippen LogP contribution in [-0.2, 0) is 11.2 Å². The highest BCUT2D eigenvalue weighted by atomic mass is 32.1. The fraction of sp³-hybridized carbons (Fsp3) is 0.407. The van der Waals surface area contributed by atoms with Crippen LogP contribution in [0.15, 0.2) is 60.8 Å². The van der Waals surface area contributed by atoms with Crippen LogP contribution < -0.4 is 10.1 Å². The number of aromatic nitrogens is 1. The SMILES string of the molecule is CC(C)C[C@]1(O)CCN(CC(=O)Nc2ncc(Cc3ccc(F)cc3)s2)C[C@@H]1Oc1ccccc1. The third kappa shape index (κ3) is 7.10. The molecule has 35 heavy (non-hydrogen) atoms. The minimum Gasteiger partial charge on any atom is -0.486 e. The summed E-state index contributed by atoms with van der Waals surface area (Å²) in [5, 5.41) is 14.8. The Morgan fingerprint density at radius 1 is 1.26 bits per heavy atom. The largest absolute Gasteiger partial charge is 0.486 e. The zero-order valence-electron chi connectivity index (χ0n) is 20.1. The summed E-state index contributed by atoms with van der Waals surface area (Å²) >= 11 is 1.41. The van der Waals surface area contributed by atoms with E-state index >= 15 is 0 Å². The average molecular weight is 498 g/mol. The standard InChI is InChI=1S/C27H32FN3O3S/c1-19(2)15-27(33)12-13-31(17-24(27)34-22-6-4-3-5-7-22)18-25(32)30-26-29-16-23(35-26)14-20-8-10-21(28)11-9-20/h3-11,16,19,24,33H,12-15,17-18H2,1-2H3,(H,29,30,32)/t24-,27+/m0/s1. The molecular formula is C27H32FN3O3S. The van der Waals surface area contributed by atoms with Crippen LogP contribution in [0.3, 0.4) is 0 Å². The fourth-order valence-corrected chi connectivity index (χ4v) is 5.38. The molecule has 1 fully saturated rings. The second-order valence-electron chi connectivity index (χ2n) is 9.59. The van der Waals surface area contributed by atoms with E-state index in [1.165, 1.54) is 23.5 Å². The number of anilines is 1. The van der Waals surface area contributed by atoms with E-state index in [-0.39, 0.29) is 18.3 Å². The summed E-state index contributed by atoms with van der Waals surface area (Å²) < 4.78 is 19.3. The first-order chi connectivity index (χ1) is 16.8. The number of hydrogen-bond donors (Lipinski definition) is 2. The Morgan fingerprint density at radius 3 is 2.71 bits per heavy atom. The number of para-hydroxylation sites is 1. The third-order valence-electron chi connectivity index (χ3n) is 6.13. The van der Waals surface area contributed by atoms with E-state index in [1.54, 1.807) is 18.3 Å². The summed E-state index contributed by atoms with van der Waals surface area (Å²) in [5.41, 5.74) is 0.0428. The van der Waals surface area contributed by atoms with Gasteiger partial charge in [-0.05, 0) is 48.6 Å². The number of nitrogens with zero attached hydrogens (tertiary/aromatic N) is 2. The number of halogens is 1. The van der Waals surface area contributed by atoms with Gasteiger partial charge in [-0.15, -0.1) is 11.3 Å². The smallest absolute Gasteiger partial charge is 0.240 e. The lowest BCUT2D eigenvalue weighted by atomic mass is 9.81. The molecule has 6 nitrogen and oxygen atoms in total. The number of carbonyl (C=O) groups excluding carboxylic acids is 1. The van der Waals surface area contributed by atoms with Gasteiger partial charge in [-0.1, -0.05) is 44.2 Å². The van der Waals surface area contributed by atoms with Crippen LogP contribution in [-0.4, -0.2) is 52.2 Å². The Kier molecular flexibility index (Phi) is 8.15. The van der Waals surface area contributed by atoms with Gasteiger partial charge in [-0.3, -0.25) is 9.69 Å². The number of hydrogen-bond acceptors (Lipinski definition) is 6. The summed E-state index contributed by atoms with van der Waals surface area (Å²) in [4.78, 5) is 20.1. The molecule has 2 atom stereocenters. The van der Waals surface area contributed by atoms with Crippen molar-refractivity contribution in [1.29, 1.82) is 0 Å². The summed E-state index contributed by atoms with van der Waals surface area (Å²) in [6.45, 7) is 5.45. The highest BCUT2D eigenvalue weighted by Crippen LogP contribution is 2.32. The van der Waals surface area contributed by atoms with E-state index in [0.29, 0.717) is 49.2 Å². The maximum absolute atomic E-state index is 13.1. The number of likely N-dealkylation sites (tertiary alicyclic amines) is 1. The van der Waals surface area contributed by atoms with Gasteiger partial charge in [0.1, 0.15) is 23.3 Å². The molecule has 1 amide bonds. The molecule has 0 spiro atoms. The van der Waals surface area contributed by atoms with Gasteiger partial charge in [0, 0.05) is 30.6 Å².